The molecule has 4 rings (SSSR count). The van der Waals surface area contributed by atoms with Crippen molar-refractivity contribution in [3.63, 3.8) is 0 Å². The third-order valence-electron chi connectivity index (χ3n) is 8.91. The lowest BCUT2D eigenvalue weighted by molar-refractivity contribution is -0.462. The highest BCUT2D eigenvalue weighted by Gasteiger charge is 2.41. The third kappa shape index (κ3) is 8.90. The van der Waals surface area contributed by atoms with Crippen LogP contribution in [-0.2, 0) is 9.47 Å². The van der Waals surface area contributed by atoms with Crippen molar-refractivity contribution < 1.29 is 29.1 Å². The number of ether oxygens (including phenoxy) is 2. The van der Waals surface area contributed by atoms with E-state index in [0.29, 0.717) is 43.4 Å². The highest BCUT2D eigenvalue weighted by molar-refractivity contribution is 6.98. The number of rotatable bonds is 17. The van der Waals surface area contributed by atoms with Crippen LogP contribution < -0.4 is 15.4 Å². The number of nitrogens with zero attached hydrogens (tertiary/aromatic N) is 2. The summed E-state index contributed by atoms with van der Waals surface area (Å²) in [5.74, 6) is -0.294. The summed E-state index contributed by atoms with van der Waals surface area (Å²) in [6.45, 7) is 7.31. The van der Waals surface area contributed by atoms with Gasteiger partial charge in [0.25, 0.3) is 0 Å². The van der Waals surface area contributed by atoms with Crippen LogP contribution in [0.3, 0.4) is 0 Å². The van der Waals surface area contributed by atoms with Crippen molar-refractivity contribution in [1.29, 1.82) is 0 Å². The summed E-state index contributed by atoms with van der Waals surface area (Å²) in [5.41, 5.74) is 6.57. The Kier molecular flexibility index (Phi) is 13.2. The molecule has 10 heteroatoms. The molecule has 0 fully saturated rings. The molecule has 0 bridgehead atoms. The second kappa shape index (κ2) is 16.9. The van der Waals surface area contributed by atoms with Gasteiger partial charge in [-0.25, -0.2) is 9.37 Å². The van der Waals surface area contributed by atoms with Gasteiger partial charge in [0.1, 0.15) is 28.4 Å². The van der Waals surface area contributed by atoms with Crippen LogP contribution in [0, 0.1) is 0 Å². The smallest absolute Gasteiger partial charge is 0.336 e. The van der Waals surface area contributed by atoms with E-state index in [4.69, 9.17) is 21.1 Å². The summed E-state index contributed by atoms with van der Waals surface area (Å²) >= 11 is 5.71. The quantitative estimate of drug-likeness (QED) is 0.0683. The zero-order valence-corrected chi connectivity index (χ0v) is 30.5. The van der Waals surface area contributed by atoms with Crippen molar-refractivity contribution in [2.24, 2.45) is 0 Å². The fourth-order valence-corrected chi connectivity index (χ4v) is 9.42. The van der Waals surface area contributed by atoms with Crippen LogP contribution in [0.25, 0.3) is 5.57 Å². The monoisotopic (exact) mass is 680 g/mol. The minimum atomic E-state index is -2.20. The topological polar surface area (TPSA) is 94.3 Å². The third-order valence-corrected chi connectivity index (χ3v) is 12.7. The van der Waals surface area contributed by atoms with E-state index in [-0.39, 0.29) is 5.56 Å². The maximum absolute atomic E-state index is 12.7. The summed E-state index contributed by atoms with van der Waals surface area (Å²) in [7, 11) is 5.95. The largest absolute Gasteiger partial charge is 0.478 e. The van der Waals surface area contributed by atoms with E-state index >= 15 is 0 Å². The number of hydrogen-bond donors (Lipinski definition) is 3. The number of aliphatic hydroxyl groups excluding tert-OH is 1. The van der Waals surface area contributed by atoms with Gasteiger partial charge < -0.3 is 24.6 Å². The Morgan fingerprint density at radius 2 is 1.68 bits per heavy atom. The average Bonchev–Trinajstić information content (AvgIpc) is 3.04. The highest BCUT2D eigenvalue weighted by atomic mass is 35.5. The van der Waals surface area contributed by atoms with E-state index < -0.39 is 20.3 Å². The summed E-state index contributed by atoms with van der Waals surface area (Å²) in [4.78, 5) is 14.8. The number of anilines is 1. The lowest BCUT2D eigenvalue weighted by Crippen LogP contribution is -2.49. The van der Waals surface area contributed by atoms with Gasteiger partial charge in [-0.3, -0.25) is 5.32 Å². The molecular formula is C37H51ClN3O5Si+. The average molecular weight is 681 g/mol. The van der Waals surface area contributed by atoms with E-state index in [1.54, 1.807) is 12.1 Å². The van der Waals surface area contributed by atoms with Crippen LogP contribution in [-0.4, -0.2) is 102 Å². The predicted molar refractivity (Wildman–Crippen MR) is 195 cm³/mol. The number of allylic oxidation sites excluding steroid dienone is 5. The molecule has 1 heterocycles. The molecule has 0 amide bonds. The Balaban J connectivity index is 1.58. The molecule has 2 aliphatic rings. The molecule has 0 aromatic heterocycles. The molecule has 0 saturated carbocycles. The summed E-state index contributed by atoms with van der Waals surface area (Å²) < 4.78 is 13.4. The molecule has 254 valence electrons. The standard InChI is InChI=1S/C37H50ClN3O5Si/c1-40(2)27-12-15-30-33(24-27)47(5,6)34-25-28(41(3)4)13-16-31(34)35(30)32-23-26(11-14-29(32)37(43)44)36(42)39-18-20-46-22-21-45-19-10-8-7-9-17-38/h11-16,23-25,36,39,42H,7-10,17-22H2,1-6H3/p+1. The van der Waals surface area contributed by atoms with E-state index in [1.165, 1.54) is 10.4 Å². The van der Waals surface area contributed by atoms with Gasteiger partial charge in [0.05, 0.1) is 25.4 Å². The number of unbranched alkanes of at least 4 members (excludes halogenated alkanes) is 3. The molecule has 0 saturated heterocycles. The van der Waals surface area contributed by atoms with Crippen LogP contribution in [0.5, 0.6) is 0 Å². The van der Waals surface area contributed by atoms with E-state index in [0.717, 1.165) is 60.4 Å². The lowest BCUT2D eigenvalue weighted by Gasteiger charge is -2.38. The first-order chi connectivity index (χ1) is 22.5. The second-order valence-corrected chi connectivity index (χ2v) is 17.7. The molecule has 2 aromatic carbocycles. The fourth-order valence-electron chi connectivity index (χ4n) is 6.16. The second-order valence-electron chi connectivity index (χ2n) is 13.0. The molecular weight excluding hydrogens is 630 g/mol. The fraction of sp³-hybridized carbons (Fsp3) is 0.459. The van der Waals surface area contributed by atoms with Gasteiger partial charge in [0.2, 0.25) is 0 Å². The van der Waals surface area contributed by atoms with Crippen molar-refractivity contribution in [3.8, 4) is 0 Å². The molecule has 3 N–H and O–H groups in total. The summed E-state index contributed by atoms with van der Waals surface area (Å²) in [6.07, 6.45) is 9.82. The minimum Gasteiger partial charge on any atom is -0.478 e. The van der Waals surface area contributed by atoms with Crippen LogP contribution >= 0.6 is 11.6 Å². The number of hydrogen-bond acceptors (Lipinski definition) is 6. The molecule has 1 aliphatic carbocycles. The first-order valence-electron chi connectivity index (χ1n) is 16.5. The van der Waals surface area contributed by atoms with E-state index in [2.05, 4.69) is 64.3 Å². The first kappa shape index (κ1) is 36.8. The van der Waals surface area contributed by atoms with Gasteiger partial charge in [-0.2, -0.15) is 0 Å². The van der Waals surface area contributed by atoms with Crippen LogP contribution in [0.1, 0.15) is 59.0 Å². The number of aliphatic hydroxyl groups is 1. The Morgan fingerprint density at radius 3 is 2.36 bits per heavy atom. The van der Waals surface area contributed by atoms with Crippen molar-refractivity contribution in [1.82, 2.24) is 5.32 Å². The number of nitrogens with one attached hydrogen (secondary N) is 1. The normalized spacial score (nSPS) is 15.7. The van der Waals surface area contributed by atoms with Gasteiger partial charge in [-0.1, -0.05) is 38.1 Å². The maximum atomic E-state index is 12.7. The molecule has 1 aliphatic heterocycles. The Labute approximate surface area is 286 Å². The Morgan fingerprint density at radius 1 is 0.957 bits per heavy atom. The zero-order valence-electron chi connectivity index (χ0n) is 28.7. The lowest BCUT2D eigenvalue weighted by atomic mass is 9.86. The van der Waals surface area contributed by atoms with Gasteiger partial charge >= 0.3 is 5.97 Å². The number of benzene rings is 2. The van der Waals surface area contributed by atoms with Crippen molar-refractivity contribution in [2.45, 2.75) is 45.0 Å². The van der Waals surface area contributed by atoms with Gasteiger partial charge in [-0.15, -0.1) is 11.6 Å². The SMILES string of the molecule is CN(C)c1ccc2c(c1)[Si](C)(C)C1=CC(=[N+](C)C)C=CC1=C2c1cc(C(O)NCCOCCOCCCCCCCl)ccc1C(=O)O. The van der Waals surface area contributed by atoms with Crippen molar-refractivity contribution in [2.75, 3.05) is 71.9 Å². The molecule has 1 atom stereocenters. The molecule has 2 aromatic rings. The summed E-state index contributed by atoms with van der Waals surface area (Å²) in [6, 6.07) is 11.6. The Bertz CT molecular complexity index is 1560. The molecule has 0 radical (unpaired) electrons. The number of fused-ring (bicyclic) bond motifs is 2. The minimum absolute atomic E-state index is 0.199. The summed E-state index contributed by atoms with van der Waals surface area (Å²) in [5, 5.41) is 27.1. The maximum Gasteiger partial charge on any atom is 0.336 e. The van der Waals surface area contributed by atoms with Crippen molar-refractivity contribution >= 4 is 47.8 Å². The number of aromatic carboxylic acids is 1. The number of halogens is 1. The number of carboxylic acids is 1. The van der Waals surface area contributed by atoms with E-state index in [1.807, 2.05) is 34.3 Å². The Hall–Kier alpha value is -3.05. The molecule has 0 spiro atoms. The number of carbonyl (C=O) groups is 1. The van der Waals surface area contributed by atoms with Crippen LogP contribution in [0.4, 0.5) is 5.69 Å². The molecule has 47 heavy (non-hydrogen) atoms. The van der Waals surface area contributed by atoms with Crippen LogP contribution in [0.2, 0.25) is 13.1 Å². The number of alkyl halides is 1. The van der Waals surface area contributed by atoms with Crippen molar-refractivity contribution in [3.05, 3.63) is 87.6 Å². The predicted octanol–water partition coefficient (Wildman–Crippen LogP) is 5.34. The zero-order chi connectivity index (χ0) is 34.1. The molecule has 1 unspecified atom stereocenters. The van der Waals surface area contributed by atoms with Gasteiger partial charge in [0, 0.05) is 51.0 Å². The van der Waals surface area contributed by atoms with Crippen LogP contribution in [0.15, 0.2) is 65.4 Å². The van der Waals surface area contributed by atoms with Gasteiger partial charge in [-0.05, 0) is 81.4 Å². The number of carboxylic acid groups (broad SMARTS) is 1. The van der Waals surface area contributed by atoms with E-state index in [9.17, 15) is 15.0 Å². The van der Waals surface area contributed by atoms with Gasteiger partial charge in [0.15, 0.2) is 5.71 Å². The first-order valence-corrected chi connectivity index (χ1v) is 20.0. The molecule has 8 nitrogen and oxygen atoms in total. The highest BCUT2D eigenvalue weighted by Crippen LogP contribution is 2.43.